The molecule has 192 valence electrons. The molecule has 1 saturated heterocycles. The quantitative estimate of drug-likeness (QED) is 0.307. The molecule has 9 heteroatoms. The standard InChI is InChI=1S/C29H27N5O4/c1-3-28(35)34-15-21(16-34)38-27-12-23-24(13-26(27)36-2)31-17-32-29(23)33-19-8-9-25(22(11-19)18-6-7-18)37-20-5-4-10-30-14-20/h3-5,8-14,17-18,21H,1,6-7,15-16H2,2H3,(H,31,32,33). The molecule has 1 amide bonds. The molecule has 38 heavy (non-hydrogen) atoms. The number of methoxy groups -OCH3 is 1. The number of hydrogen-bond acceptors (Lipinski definition) is 8. The van der Waals surface area contributed by atoms with Gasteiger partial charge in [0.2, 0.25) is 5.91 Å². The third-order valence-electron chi connectivity index (χ3n) is 6.70. The van der Waals surface area contributed by atoms with E-state index in [1.807, 2.05) is 36.4 Å². The van der Waals surface area contributed by atoms with Crippen LogP contribution in [0.15, 0.2) is 73.8 Å². The van der Waals surface area contributed by atoms with E-state index in [-0.39, 0.29) is 12.0 Å². The van der Waals surface area contributed by atoms with Crippen LogP contribution >= 0.6 is 0 Å². The molecule has 1 aliphatic heterocycles. The number of hydrogen-bond donors (Lipinski definition) is 1. The first-order valence-electron chi connectivity index (χ1n) is 12.5. The Morgan fingerprint density at radius 3 is 2.71 bits per heavy atom. The summed E-state index contributed by atoms with van der Waals surface area (Å²) >= 11 is 0. The highest BCUT2D eigenvalue weighted by molar-refractivity contribution is 5.93. The second-order valence-electron chi connectivity index (χ2n) is 9.37. The highest BCUT2D eigenvalue weighted by Gasteiger charge is 2.32. The van der Waals surface area contributed by atoms with E-state index >= 15 is 0 Å². The summed E-state index contributed by atoms with van der Waals surface area (Å²) in [4.78, 5) is 26.6. The fourth-order valence-corrected chi connectivity index (χ4v) is 4.52. The lowest BCUT2D eigenvalue weighted by Gasteiger charge is -2.38. The van der Waals surface area contributed by atoms with E-state index < -0.39 is 0 Å². The lowest BCUT2D eigenvalue weighted by Crippen LogP contribution is -2.55. The van der Waals surface area contributed by atoms with Crippen LogP contribution in [0.25, 0.3) is 10.9 Å². The fraction of sp³-hybridized carbons (Fsp3) is 0.241. The number of amides is 1. The Hall–Kier alpha value is -4.66. The van der Waals surface area contributed by atoms with Crippen LogP contribution < -0.4 is 19.5 Å². The van der Waals surface area contributed by atoms with Gasteiger partial charge in [-0.25, -0.2) is 9.97 Å². The van der Waals surface area contributed by atoms with Crippen LogP contribution in [0, 0.1) is 0 Å². The van der Waals surface area contributed by atoms with Gasteiger partial charge >= 0.3 is 0 Å². The molecule has 2 aromatic heterocycles. The summed E-state index contributed by atoms with van der Waals surface area (Å²) in [5.74, 6) is 3.73. The van der Waals surface area contributed by atoms with E-state index in [0.717, 1.165) is 40.7 Å². The first-order valence-corrected chi connectivity index (χ1v) is 12.5. The zero-order chi connectivity index (χ0) is 26.1. The van der Waals surface area contributed by atoms with Crippen LogP contribution in [0.2, 0.25) is 0 Å². The van der Waals surface area contributed by atoms with E-state index in [0.29, 0.717) is 42.1 Å². The van der Waals surface area contributed by atoms with E-state index in [4.69, 9.17) is 14.2 Å². The maximum atomic E-state index is 11.8. The number of pyridine rings is 1. The number of anilines is 2. The molecular formula is C29H27N5O4. The zero-order valence-electron chi connectivity index (χ0n) is 21.0. The number of rotatable bonds is 9. The second-order valence-corrected chi connectivity index (χ2v) is 9.37. The van der Waals surface area contributed by atoms with Crippen molar-refractivity contribution in [1.82, 2.24) is 19.9 Å². The number of likely N-dealkylation sites (tertiary alicyclic amines) is 1. The van der Waals surface area contributed by atoms with Gasteiger partial charge in [0, 0.05) is 23.3 Å². The average molecular weight is 510 g/mol. The van der Waals surface area contributed by atoms with E-state index in [1.165, 1.54) is 12.4 Å². The summed E-state index contributed by atoms with van der Waals surface area (Å²) < 4.78 is 17.9. The molecule has 2 fully saturated rings. The Labute approximate surface area is 220 Å². The second kappa shape index (κ2) is 10.0. The number of carbonyl (C=O) groups is 1. The number of nitrogens with one attached hydrogen (secondary N) is 1. The number of nitrogens with zero attached hydrogens (tertiary/aromatic N) is 4. The minimum Gasteiger partial charge on any atom is -0.493 e. The van der Waals surface area contributed by atoms with Gasteiger partial charge in [-0.05, 0) is 66.8 Å². The predicted molar refractivity (Wildman–Crippen MR) is 143 cm³/mol. The molecule has 0 radical (unpaired) electrons. The van der Waals surface area contributed by atoms with Crippen molar-refractivity contribution < 1.29 is 19.0 Å². The minimum absolute atomic E-state index is 0.0994. The first-order chi connectivity index (χ1) is 18.6. The molecule has 1 saturated carbocycles. The summed E-state index contributed by atoms with van der Waals surface area (Å²) in [7, 11) is 1.59. The average Bonchev–Trinajstić information content (AvgIpc) is 3.77. The molecule has 3 heterocycles. The molecule has 1 N–H and O–H groups in total. The maximum absolute atomic E-state index is 11.8. The van der Waals surface area contributed by atoms with Gasteiger partial charge in [-0.15, -0.1) is 0 Å². The molecule has 0 bridgehead atoms. The Morgan fingerprint density at radius 2 is 1.97 bits per heavy atom. The van der Waals surface area contributed by atoms with Gasteiger partial charge in [0.15, 0.2) is 11.5 Å². The summed E-state index contributed by atoms with van der Waals surface area (Å²) in [6.45, 7) is 4.54. The largest absolute Gasteiger partial charge is 0.493 e. The number of carbonyl (C=O) groups excluding carboxylic acids is 1. The summed E-state index contributed by atoms with van der Waals surface area (Å²) in [5, 5.41) is 4.25. The van der Waals surface area contributed by atoms with E-state index in [9.17, 15) is 4.79 Å². The van der Waals surface area contributed by atoms with Crippen LogP contribution in [-0.4, -0.2) is 52.1 Å². The van der Waals surface area contributed by atoms with Crippen molar-refractivity contribution in [2.75, 3.05) is 25.5 Å². The lowest BCUT2D eigenvalue weighted by atomic mass is 10.1. The van der Waals surface area contributed by atoms with Gasteiger partial charge in [-0.1, -0.05) is 6.58 Å². The summed E-state index contributed by atoms with van der Waals surface area (Å²) in [5.41, 5.74) is 2.79. The minimum atomic E-state index is -0.125. The van der Waals surface area contributed by atoms with Gasteiger partial charge in [0.1, 0.15) is 29.7 Å². The molecule has 0 atom stereocenters. The van der Waals surface area contributed by atoms with Gasteiger partial charge in [0.25, 0.3) is 0 Å². The van der Waals surface area contributed by atoms with Crippen molar-refractivity contribution in [2.24, 2.45) is 0 Å². The first kappa shape index (κ1) is 23.7. The monoisotopic (exact) mass is 509 g/mol. The molecule has 1 aliphatic carbocycles. The van der Waals surface area contributed by atoms with Crippen LogP contribution in [0.1, 0.15) is 24.3 Å². The molecule has 0 spiro atoms. The highest BCUT2D eigenvalue weighted by atomic mass is 16.5. The van der Waals surface area contributed by atoms with Crippen LogP contribution in [0.5, 0.6) is 23.0 Å². The SMILES string of the molecule is C=CC(=O)N1CC(Oc2cc3c(Nc4ccc(Oc5cccnc5)c(C5CC5)c4)ncnc3cc2OC)C1. The van der Waals surface area contributed by atoms with Crippen molar-refractivity contribution >= 4 is 28.3 Å². The van der Waals surface area contributed by atoms with Crippen molar-refractivity contribution in [1.29, 1.82) is 0 Å². The number of fused-ring (bicyclic) bond motifs is 1. The topological polar surface area (TPSA) is 98.7 Å². The molecule has 6 rings (SSSR count). The molecule has 9 nitrogen and oxygen atoms in total. The van der Waals surface area contributed by atoms with Gasteiger partial charge in [0.05, 0.1) is 31.9 Å². The fourth-order valence-electron chi connectivity index (χ4n) is 4.52. The third kappa shape index (κ3) is 4.82. The molecule has 2 aromatic carbocycles. The molecule has 2 aliphatic rings. The summed E-state index contributed by atoms with van der Waals surface area (Å²) in [6.07, 6.45) is 8.43. The van der Waals surface area contributed by atoms with Crippen molar-refractivity contribution in [2.45, 2.75) is 24.9 Å². The van der Waals surface area contributed by atoms with Crippen molar-refractivity contribution in [3.8, 4) is 23.0 Å². The number of aromatic nitrogens is 3. The van der Waals surface area contributed by atoms with Gasteiger partial charge in [-0.2, -0.15) is 0 Å². The van der Waals surface area contributed by atoms with Gasteiger partial charge < -0.3 is 24.4 Å². The van der Waals surface area contributed by atoms with Crippen molar-refractivity contribution in [3.63, 3.8) is 0 Å². The third-order valence-corrected chi connectivity index (χ3v) is 6.70. The van der Waals surface area contributed by atoms with Gasteiger partial charge in [-0.3, -0.25) is 9.78 Å². The van der Waals surface area contributed by atoms with Crippen molar-refractivity contribution in [3.05, 3.63) is 79.4 Å². The molecule has 4 aromatic rings. The lowest BCUT2D eigenvalue weighted by molar-refractivity contribution is -0.134. The van der Waals surface area contributed by atoms with Crippen LogP contribution in [-0.2, 0) is 4.79 Å². The van der Waals surface area contributed by atoms with Crippen LogP contribution in [0.4, 0.5) is 11.5 Å². The summed E-state index contributed by atoms with van der Waals surface area (Å²) in [6, 6.07) is 13.6. The Kier molecular flexibility index (Phi) is 6.25. The highest BCUT2D eigenvalue weighted by Crippen LogP contribution is 2.46. The normalized spacial score (nSPS) is 15.0. The predicted octanol–water partition coefficient (Wildman–Crippen LogP) is 5.22. The van der Waals surface area contributed by atoms with E-state index in [1.54, 1.807) is 24.4 Å². The Bertz CT molecular complexity index is 1500. The Morgan fingerprint density at radius 1 is 1.11 bits per heavy atom. The zero-order valence-corrected chi connectivity index (χ0v) is 21.0. The molecule has 0 unspecified atom stereocenters. The number of benzene rings is 2. The van der Waals surface area contributed by atoms with E-state index in [2.05, 4.69) is 32.9 Å². The molecular weight excluding hydrogens is 482 g/mol. The smallest absolute Gasteiger partial charge is 0.246 e. The Balaban J connectivity index is 1.27. The number of ether oxygens (including phenoxy) is 3. The maximum Gasteiger partial charge on any atom is 0.246 e. The van der Waals surface area contributed by atoms with Crippen LogP contribution in [0.3, 0.4) is 0 Å².